The van der Waals surface area contributed by atoms with E-state index in [9.17, 15) is 0 Å². The first-order chi connectivity index (χ1) is 6.68. The summed E-state index contributed by atoms with van der Waals surface area (Å²) >= 11 is 3.54. The first kappa shape index (κ1) is 9.71. The third-order valence-electron chi connectivity index (χ3n) is 2.27. The van der Waals surface area contributed by atoms with Gasteiger partial charge in [0.1, 0.15) is 6.61 Å². The first-order valence-corrected chi connectivity index (χ1v) is 5.42. The summed E-state index contributed by atoms with van der Waals surface area (Å²) in [6, 6.07) is 4.20. The minimum absolute atomic E-state index is 0.712. The van der Waals surface area contributed by atoms with E-state index >= 15 is 0 Å². The van der Waals surface area contributed by atoms with Crippen LogP contribution in [0.3, 0.4) is 0 Å². The van der Waals surface area contributed by atoms with E-state index in [2.05, 4.69) is 46.9 Å². The molecule has 1 heterocycles. The fraction of sp³-hybridized carbons (Fsp3) is 0.364. The first-order valence-electron chi connectivity index (χ1n) is 4.63. The molecule has 0 atom stereocenters. The van der Waals surface area contributed by atoms with Gasteiger partial charge in [-0.2, -0.15) is 0 Å². The van der Waals surface area contributed by atoms with Gasteiger partial charge in [0.05, 0.1) is 6.54 Å². The molecular weight excluding hydrogens is 242 g/mol. The van der Waals surface area contributed by atoms with Crippen molar-refractivity contribution in [3.63, 3.8) is 0 Å². The van der Waals surface area contributed by atoms with Crippen molar-refractivity contribution >= 4 is 21.8 Å². The van der Waals surface area contributed by atoms with Crippen LogP contribution >= 0.6 is 15.9 Å². The molecule has 14 heavy (non-hydrogen) atoms. The highest BCUT2D eigenvalue weighted by molar-refractivity contribution is 9.10. The fourth-order valence-corrected chi connectivity index (χ4v) is 1.81. The Hall–Kier alpha value is -0.830. The summed E-state index contributed by atoms with van der Waals surface area (Å²) in [6.07, 6.45) is 0. The molecule has 0 aromatic heterocycles. The Morgan fingerprint density at radius 3 is 2.43 bits per heavy atom. The van der Waals surface area contributed by atoms with Gasteiger partial charge in [-0.3, -0.25) is 0 Å². The molecule has 0 aliphatic carbocycles. The van der Waals surface area contributed by atoms with Crippen molar-refractivity contribution in [2.24, 2.45) is 4.99 Å². The van der Waals surface area contributed by atoms with Gasteiger partial charge in [-0.15, -0.1) is 0 Å². The SMILES string of the molecule is Cc1cc(C2=NCCO2)cc(C)c1Br. The van der Waals surface area contributed by atoms with Crippen molar-refractivity contribution in [3.05, 3.63) is 33.3 Å². The number of benzene rings is 1. The van der Waals surface area contributed by atoms with Crippen LogP contribution in [-0.4, -0.2) is 19.0 Å². The molecule has 0 bridgehead atoms. The van der Waals surface area contributed by atoms with Crippen molar-refractivity contribution in [1.29, 1.82) is 0 Å². The second-order valence-electron chi connectivity index (χ2n) is 3.46. The van der Waals surface area contributed by atoms with E-state index in [-0.39, 0.29) is 0 Å². The van der Waals surface area contributed by atoms with Gasteiger partial charge in [-0.25, -0.2) is 4.99 Å². The molecule has 0 radical (unpaired) electrons. The maximum absolute atomic E-state index is 5.42. The topological polar surface area (TPSA) is 21.6 Å². The molecule has 3 heteroatoms. The molecule has 1 aliphatic rings. The molecule has 0 spiro atoms. The van der Waals surface area contributed by atoms with Crippen LogP contribution < -0.4 is 0 Å². The van der Waals surface area contributed by atoms with Gasteiger partial charge in [0, 0.05) is 10.0 Å². The zero-order valence-electron chi connectivity index (χ0n) is 8.30. The Labute approximate surface area is 92.1 Å². The summed E-state index contributed by atoms with van der Waals surface area (Å²) in [5.74, 6) is 0.781. The fourth-order valence-electron chi connectivity index (χ4n) is 1.58. The smallest absolute Gasteiger partial charge is 0.216 e. The van der Waals surface area contributed by atoms with E-state index in [0.29, 0.717) is 6.61 Å². The molecule has 2 nitrogen and oxygen atoms in total. The van der Waals surface area contributed by atoms with Crippen LogP contribution in [-0.2, 0) is 4.74 Å². The monoisotopic (exact) mass is 253 g/mol. The van der Waals surface area contributed by atoms with Crippen molar-refractivity contribution in [2.75, 3.05) is 13.2 Å². The average Bonchev–Trinajstić information content (AvgIpc) is 2.66. The Balaban J connectivity index is 2.45. The molecule has 0 unspecified atom stereocenters. The summed E-state index contributed by atoms with van der Waals surface area (Å²) in [5.41, 5.74) is 3.53. The Bertz CT molecular complexity index is 375. The molecule has 1 aromatic carbocycles. The quantitative estimate of drug-likeness (QED) is 0.755. The van der Waals surface area contributed by atoms with Gasteiger partial charge in [0.25, 0.3) is 0 Å². The van der Waals surface area contributed by atoms with Gasteiger partial charge in [-0.05, 0) is 37.1 Å². The lowest BCUT2D eigenvalue weighted by molar-refractivity contribution is 0.348. The van der Waals surface area contributed by atoms with Gasteiger partial charge in [-0.1, -0.05) is 15.9 Å². The van der Waals surface area contributed by atoms with Crippen molar-refractivity contribution < 1.29 is 4.74 Å². The number of halogens is 1. The standard InChI is InChI=1S/C11H12BrNO/c1-7-5-9(6-8(2)10(7)12)11-13-3-4-14-11/h5-6H,3-4H2,1-2H3. The molecule has 0 N–H and O–H groups in total. The van der Waals surface area contributed by atoms with Crippen LogP contribution in [0.4, 0.5) is 0 Å². The summed E-state index contributed by atoms with van der Waals surface area (Å²) in [5, 5.41) is 0. The minimum atomic E-state index is 0.712. The van der Waals surface area contributed by atoms with Crippen molar-refractivity contribution in [3.8, 4) is 0 Å². The predicted molar refractivity (Wildman–Crippen MR) is 61.0 cm³/mol. The van der Waals surface area contributed by atoms with Crippen LogP contribution in [0.2, 0.25) is 0 Å². The van der Waals surface area contributed by atoms with Gasteiger partial charge in [0.15, 0.2) is 0 Å². The molecule has 1 aliphatic heterocycles. The van der Waals surface area contributed by atoms with Gasteiger partial charge in [0.2, 0.25) is 5.90 Å². The molecule has 0 saturated carbocycles. The molecule has 0 saturated heterocycles. The number of aryl methyl sites for hydroxylation is 2. The maximum Gasteiger partial charge on any atom is 0.216 e. The molecule has 0 fully saturated rings. The minimum Gasteiger partial charge on any atom is -0.476 e. The second-order valence-corrected chi connectivity index (χ2v) is 4.25. The predicted octanol–water partition coefficient (Wildman–Crippen LogP) is 2.84. The number of aliphatic imine (C=N–C) groups is 1. The molecule has 74 valence electrons. The lowest BCUT2D eigenvalue weighted by Gasteiger charge is -2.07. The number of hydrogen-bond donors (Lipinski definition) is 0. The van der Waals surface area contributed by atoms with E-state index in [1.54, 1.807) is 0 Å². The van der Waals surface area contributed by atoms with E-state index in [1.165, 1.54) is 15.6 Å². The number of rotatable bonds is 1. The summed E-state index contributed by atoms with van der Waals surface area (Å²) < 4.78 is 6.59. The lowest BCUT2D eigenvalue weighted by atomic mass is 10.1. The zero-order valence-corrected chi connectivity index (χ0v) is 9.89. The molecule has 1 aromatic rings. The van der Waals surface area contributed by atoms with E-state index in [1.807, 2.05) is 0 Å². The Morgan fingerprint density at radius 1 is 1.29 bits per heavy atom. The van der Waals surface area contributed by atoms with Crippen LogP contribution in [0.5, 0.6) is 0 Å². The van der Waals surface area contributed by atoms with Crippen LogP contribution in [0.15, 0.2) is 21.6 Å². The Morgan fingerprint density at radius 2 is 1.93 bits per heavy atom. The summed E-state index contributed by atoms with van der Waals surface area (Å²) in [4.78, 5) is 4.30. The largest absolute Gasteiger partial charge is 0.476 e. The average molecular weight is 254 g/mol. The van der Waals surface area contributed by atoms with Gasteiger partial charge < -0.3 is 4.74 Å². The van der Waals surface area contributed by atoms with Crippen molar-refractivity contribution in [2.45, 2.75) is 13.8 Å². The molecule has 0 amide bonds. The van der Waals surface area contributed by atoms with Crippen LogP contribution in [0, 0.1) is 13.8 Å². The van der Waals surface area contributed by atoms with Crippen molar-refractivity contribution in [1.82, 2.24) is 0 Å². The van der Waals surface area contributed by atoms with Gasteiger partial charge >= 0.3 is 0 Å². The van der Waals surface area contributed by atoms with Crippen LogP contribution in [0.25, 0.3) is 0 Å². The third-order valence-corrected chi connectivity index (χ3v) is 3.52. The maximum atomic E-state index is 5.42. The third kappa shape index (κ3) is 1.69. The highest BCUT2D eigenvalue weighted by atomic mass is 79.9. The van der Waals surface area contributed by atoms with E-state index < -0.39 is 0 Å². The van der Waals surface area contributed by atoms with Crippen LogP contribution in [0.1, 0.15) is 16.7 Å². The zero-order chi connectivity index (χ0) is 10.1. The number of ether oxygens (including phenoxy) is 1. The number of hydrogen-bond acceptors (Lipinski definition) is 2. The normalized spacial score (nSPS) is 15.2. The second kappa shape index (κ2) is 3.73. The van der Waals surface area contributed by atoms with E-state index in [0.717, 1.165) is 18.0 Å². The highest BCUT2D eigenvalue weighted by Crippen LogP contribution is 2.23. The number of nitrogens with zero attached hydrogens (tertiary/aromatic N) is 1. The lowest BCUT2D eigenvalue weighted by Crippen LogP contribution is -2.02. The summed E-state index contributed by atoms with van der Waals surface area (Å²) in [6.45, 7) is 5.65. The molecule has 2 rings (SSSR count). The summed E-state index contributed by atoms with van der Waals surface area (Å²) in [7, 11) is 0. The van der Waals surface area contributed by atoms with E-state index in [4.69, 9.17) is 4.74 Å². The Kier molecular flexibility index (Phi) is 2.59. The highest BCUT2D eigenvalue weighted by Gasteiger charge is 2.12. The molecular formula is C11H12BrNO.